The van der Waals surface area contributed by atoms with Gasteiger partial charge in [0.15, 0.2) is 5.76 Å². The molecular formula is C32H37N3O4. The Kier molecular flexibility index (Phi) is 8.17. The van der Waals surface area contributed by atoms with Crippen LogP contribution in [0.5, 0.6) is 5.75 Å². The number of hydrogen-bond donors (Lipinski definition) is 0. The Morgan fingerprint density at radius 2 is 1.79 bits per heavy atom. The van der Waals surface area contributed by atoms with Crippen LogP contribution in [0.4, 0.5) is 0 Å². The second-order valence-corrected chi connectivity index (χ2v) is 10.5. The van der Waals surface area contributed by atoms with Crippen molar-refractivity contribution in [2.45, 2.75) is 32.9 Å². The monoisotopic (exact) mass is 527 g/mol. The summed E-state index contributed by atoms with van der Waals surface area (Å²) in [4.78, 5) is 32.2. The molecule has 0 saturated carbocycles. The number of hydrogen-bond acceptors (Lipinski definition) is 5. The maximum absolute atomic E-state index is 13.1. The molecule has 2 amide bonds. The van der Waals surface area contributed by atoms with Gasteiger partial charge in [0.2, 0.25) is 5.91 Å². The molecule has 39 heavy (non-hydrogen) atoms. The van der Waals surface area contributed by atoms with E-state index in [0.717, 1.165) is 37.2 Å². The van der Waals surface area contributed by atoms with Gasteiger partial charge in [0, 0.05) is 45.2 Å². The molecule has 0 N–H and O–H groups in total. The maximum atomic E-state index is 13.1. The molecule has 7 heteroatoms. The molecule has 204 valence electrons. The summed E-state index contributed by atoms with van der Waals surface area (Å²) in [5.74, 6) is 1.62. The molecule has 7 nitrogen and oxygen atoms in total. The van der Waals surface area contributed by atoms with Crippen molar-refractivity contribution in [2.24, 2.45) is 5.92 Å². The van der Waals surface area contributed by atoms with Crippen molar-refractivity contribution in [1.82, 2.24) is 14.7 Å². The van der Waals surface area contributed by atoms with Gasteiger partial charge in [0.25, 0.3) is 5.91 Å². The summed E-state index contributed by atoms with van der Waals surface area (Å²) >= 11 is 0. The third-order valence-electron chi connectivity index (χ3n) is 7.54. The van der Waals surface area contributed by atoms with E-state index in [1.807, 2.05) is 60.1 Å². The number of fused-ring (bicyclic) bond motifs is 1. The predicted octanol–water partition coefficient (Wildman–Crippen LogP) is 4.93. The minimum Gasteiger partial charge on any atom is -0.486 e. The molecular weight excluding hydrogens is 490 g/mol. The Hall–Kier alpha value is -3.84. The molecule has 0 bridgehead atoms. The fourth-order valence-electron chi connectivity index (χ4n) is 5.44. The fraction of sp³-hybridized carbons (Fsp3) is 0.375. The first kappa shape index (κ1) is 26.8. The maximum Gasteiger partial charge on any atom is 0.289 e. The van der Waals surface area contributed by atoms with Crippen LogP contribution in [0.3, 0.4) is 0 Å². The van der Waals surface area contributed by atoms with Crippen LogP contribution in [0.15, 0.2) is 77.7 Å². The Balaban J connectivity index is 1.29. The van der Waals surface area contributed by atoms with Crippen molar-refractivity contribution in [3.05, 3.63) is 102 Å². The van der Waals surface area contributed by atoms with Gasteiger partial charge in [-0.05, 0) is 47.4 Å². The first-order valence-corrected chi connectivity index (χ1v) is 13.8. The van der Waals surface area contributed by atoms with Crippen LogP contribution >= 0.6 is 0 Å². The minimum atomic E-state index is -0.159. The van der Waals surface area contributed by atoms with Crippen molar-refractivity contribution >= 4 is 11.8 Å². The number of nitrogens with zero attached hydrogens (tertiary/aromatic N) is 3. The molecule has 2 aromatic carbocycles. The molecule has 1 saturated heterocycles. The normalized spacial score (nSPS) is 17.7. The summed E-state index contributed by atoms with van der Waals surface area (Å²) in [5, 5.41) is 0. The highest BCUT2D eigenvalue weighted by Gasteiger charge is 2.33. The lowest BCUT2D eigenvalue weighted by molar-refractivity contribution is -0.136. The van der Waals surface area contributed by atoms with Crippen LogP contribution < -0.4 is 4.74 Å². The van der Waals surface area contributed by atoms with Gasteiger partial charge in [-0.3, -0.25) is 14.5 Å². The number of furan rings is 1. The zero-order valence-corrected chi connectivity index (χ0v) is 22.8. The number of benzene rings is 2. The topological polar surface area (TPSA) is 66.2 Å². The number of ether oxygens (including phenoxy) is 1. The Morgan fingerprint density at radius 1 is 1.03 bits per heavy atom. The van der Waals surface area contributed by atoms with Crippen LogP contribution in [0.2, 0.25) is 0 Å². The van der Waals surface area contributed by atoms with Gasteiger partial charge < -0.3 is 19.0 Å². The standard InChI is InChI=1S/C32H37N3O4/c1-4-15-33-17-19-34(20-18-33)32(37)29-13-12-27(39-29)22-38-26-11-10-24-14-16-35(31(36)23(2)3)30(28(24)21-26)25-8-6-5-7-9-25/h4-13,21,23,30H,1,14-20,22H2,2-3H3/t30-/m1/s1. The SMILES string of the molecule is C=CCN1CCN(C(=O)c2ccc(COc3ccc4c(c3)[C@@H](c3ccccc3)N(C(=O)C(C)C)CC4)o2)CC1. The Morgan fingerprint density at radius 3 is 2.51 bits per heavy atom. The summed E-state index contributed by atoms with van der Waals surface area (Å²) in [5.41, 5.74) is 3.40. The van der Waals surface area contributed by atoms with Crippen molar-refractivity contribution in [1.29, 1.82) is 0 Å². The lowest BCUT2D eigenvalue weighted by atomic mass is 9.87. The highest BCUT2D eigenvalue weighted by Crippen LogP contribution is 2.38. The van der Waals surface area contributed by atoms with E-state index >= 15 is 0 Å². The quantitative estimate of drug-likeness (QED) is 0.389. The largest absolute Gasteiger partial charge is 0.486 e. The fourth-order valence-corrected chi connectivity index (χ4v) is 5.44. The van der Waals surface area contributed by atoms with E-state index in [2.05, 4.69) is 29.7 Å². The van der Waals surface area contributed by atoms with E-state index in [1.54, 1.807) is 12.1 Å². The second-order valence-electron chi connectivity index (χ2n) is 10.5. The molecule has 1 aromatic heterocycles. The van der Waals surface area contributed by atoms with Crippen molar-refractivity contribution in [3.63, 3.8) is 0 Å². The van der Waals surface area contributed by atoms with Gasteiger partial charge in [-0.1, -0.05) is 56.3 Å². The first-order chi connectivity index (χ1) is 18.9. The highest BCUT2D eigenvalue weighted by atomic mass is 16.5. The van der Waals surface area contributed by atoms with E-state index in [-0.39, 0.29) is 30.4 Å². The van der Waals surface area contributed by atoms with Gasteiger partial charge in [0.1, 0.15) is 18.1 Å². The predicted molar refractivity (Wildman–Crippen MR) is 151 cm³/mol. The summed E-state index contributed by atoms with van der Waals surface area (Å²) in [6.45, 7) is 12.4. The molecule has 3 heterocycles. The van der Waals surface area contributed by atoms with E-state index in [9.17, 15) is 9.59 Å². The first-order valence-electron chi connectivity index (χ1n) is 13.8. The summed E-state index contributed by atoms with van der Waals surface area (Å²) in [6.07, 6.45) is 2.70. The molecule has 0 spiro atoms. The molecule has 1 atom stereocenters. The zero-order valence-electron chi connectivity index (χ0n) is 22.8. The van der Waals surface area contributed by atoms with Gasteiger partial charge >= 0.3 is 0 Å². The smallest absolute Gasteiger partial charge is 0.289 e. The number of piperazine rings is 1. The minimum absolute atomic E-state index is 0.0796. The van der Waals surface area contributed by atoms with Gasteiger partial charge in [-0.2, -0.15) is 0 Å². The van der Waals surface area contributed by atoms with Crippen molar-refractivity contribution < 1.29 is 18.7 Å². The molecule has 0 aliphatic carbocycles. The molecule has 2 aliphatic rings. The van der Waals surface area contributed by atoms with E-state index in [1.165, 1.54) is 5.56 Å². The van der Waals surface area contributed by atoms with Gasteiger partial charge in [-0.25, -0.2) is 0 Å². The second kappa shape index (κ2) is 11.9. The lowest BCUT2D eigenvalue weighted by Crippen LogP contribution is -2.48. The molecule has 3 aromatic rings. The number of carbonyl (C=O) groups is 2. The van der Waals surface area contributed by atoms with E-state index in [4.69, 9.17) is 9.15 Å². The van der Waals surface area contributed by atoms with Crippen LogP contribution in [0.25, 0.3) is 0 Å². The highest BCUT2D eigenvalue weighted by molar-refractivity contribution is 5.91. The molecule has 0 radical (unpaired) electrons. The molecule has 5 rings (SSSR count). The average Bonchev–Trinajstić information content (AvgIpc) is 3.44. The van der Waals surface area contributed by atoms with E-state index in [0.29, 0.717) is 36.9 Å². The number of amides is 2. The summed E-state index contributed by atoms with van der Waals surface area (Å²) < 4.78 is 12.0. The average molecular weight is 528 g/mol. The van der Waals surface area contributed by atoms with Crippen molar-refractivity contribution in [2.75, 3.05) is 39.3 Å². The van der Waals surface area contributed by atoms with Crippen LogP contribution in [0, 0.1) is 5.92 Å². The molecule has 1 fully saturated rings. The van der Waals surface area contributed by atoms with Crippen molar-refractivity contribution in [3.8, 4) is 5.75 Å². The van der Waals surface area contributed by atoms with Gasteiger partial charge in [-0.15, -0.1) is 6.58 Å². The zero-order chi connectivity index (χ0) is 27.4. The number of rotatable bonds is 8. The van der Waals surface area contributed by atoms with Gasteiger partial charge in [0.05, 0.1) is 6.04 Å². The summed E-state index contributed by atoms with van der Waals surface area (Å²) in [7, 11) is 0. The number of carbonyl (C=O) groups excluding carboxylic acids is 2. The molecule has 2 aliphatic heterocycles. The third-order valence-corrected chi connectivity index (χ3v) is 7.54. The molecule has 0 unspecified atom stereocenters. The third kappa shape index (κ3) is 5.93. The van der Waals surface area contributed by atoms with E-state index < -0.39 is 0 Å². The van der Waals surface area contributed by atoms with Crippen LogP contribution in [0.1, 0.15) is 52.9 Å². The summed E-state index contributed by atoms with van der Waals surface area (Å²) in [6, 6.07) is 19.7. The Bertz CT molecular complexity index is 1310. The van der Waals surface area contributed by atoms with Crippen LogP contribution in [-0.2, 0) is 17.8 Å². The lowest BCUT2D eigenvalue weighted by Gasteiger charge is -2.39. The van der Waals surface area contributed by atoms with Crippen LogP contribution in [-0.4, -0.2) is 65.8 Å². The Labute approximate surface area is 230 Å².